The Morgan fingerprint density at radius 1 is 0.725 bits per heavy atom. The Morgan fingerprint density at radius 3 is 2.25 bits per heavy atom. The van der Waals surface area contributed by atoms with Crippen LogP contribution in [0.15, 0.2) is 54.6 Å². The summed E-state index contributed by atoms with van der Waals surface area (Å²) in [6, 6.07) is 21.0. The zero-order valence-electron chi connectivity index (χ0n) is 26.7. The van der Waals surface area contributed by atoms with Crippen LogP contribution in [0.1, 0.15) is 96.0 Å². The lowest BCUT2D eigenvalue weighted by molar-refractivity contribution is 0.122. The van der Waals surface area contributed by atoms with Crippen molar-refractivity contribution in [3.63, 3.8) is 0 Å². The highest BCUT2D eigenvalue weighted by atomic mass is 29.3. The van der Waals surface area contributed by atoms with Crippen LogP contribution in [-0.2, 0) is 0 Å². The van der Waals surface area contributed by atoms with Gasteiger partial charge in [-0.2, -0.15) is 0 Å². The summed E-state index contributed by atoms with van der Waals surface area (Å²) in [4.78, 5) is 0. The molecule has 2 heteroatoms. The van der Waals surface area contributed by atoms with Crippen LogP contribution in [-0.4, -0.2) is 15.2 Å². The van der Waals surface area contributed by atoms with Crippen molar-refractivity contribution in [2.24, 2.45) is 35.5 Å². The lowest BCUT2D eigenvalue weighted by atomic mass is 9.61. The minimum Gasteiger partial charge on any atom is -0.0711 e. The monoisotopic (exact) mass is 570 g/mol. The quantitative estimate of drug-likeness (QED) is 0.277. The summed E-state index contributed by atoms with van der Waals surface area (Å²) in [5, 5.41) is 0. The second-order valence-electron chi connectivity index (χ2n) is 16.1. The number of rotatable bonds is 8. The first-order chi connectivity index (χ1) is 19.2. The topological polar surface area (TPSA) is 0 Å². The zero-order chi connectivity index (χ0) is 28.1. The first kappa shape index (κ1) is 29.0. The van der Waals surface area contributed by atoms with E-state index in [1.165, 1.54) is 56.1 Å². The van der Waals surface area contributed by atoms with E-state index in [1.54, 1.807) is 31.2 Å². The molecule has 4 saturated carbocycles. The van der Waals surface area contributed by atoms with Crippen molar-refractivity contribution in [1.29, 1.82) is 0 Å². The van der Waals surface area contributed by atoms with E-state index in [9.17, 15) is 0 Å². The molecule has 4 aliphatic rings. The third-order valence-electron chi connectivity index (χ3n) is 13.9. The van der Waals surface area contributed by atoms with Crippen LogP contribution < -0.4 is 0 Å². The fourth-order valence-corrected chi connectivity index (χ4v) is 26.2. The van der Waals surface area contributed by atoms with Gasteiger partial charge in [-0.15, -0.1) is 0 Å². The van der Waals surface area contributed by atoms with Crippen LogP contribution in [0, 0.1) is 35.5 Å². The molecule has 0 nitrogen and oxygen atoms in total. The van der Waals surface area contributed by atoms with Gasteiger partial charge in [0.15, 0.2) is 0 Å². The third-order valence-corrected chi connectivity index (χ3v) is 34.6. The molecule has 9 unspecified atom stereocenters. The molecular formula is C38H58Si2. The predicted molar refractivity (Wildman–Crippen MR) is 180 cm³/mol. The van der Waals surface area contributed by atoms with Crippen LogP contribution >= 0.6 is 0 Å². The summed E-state index contributed by atoms with van der Waals surface area (Å²) in [7, 11) is -2.73. The molecule has 40 heavy (non-hydrogen) atoms. The van der Waals surface area contributed by atoms with Gasteiger partial charge in [-0.3, -0.25) is 0 Å². The van der Waals surface area contributed by atoms with Crippen molar-refractivity contribution >= 4 is 15.2 Å². The maximum absolute atomic E-state index is 2.93. The summed E-state index contributed by atoms with van der Waals surface area (Å²) in [5.74, 6) is 6.52. The lowest BCUT2D eigenvalue weighted by Gasteiger charge is -2.53. The molecule has 4 aliphatic carbocycles. The summed E-state index contributed by atoms with van der Waals surface area (Å²) in [6.07, 6.45) is 16.6. The molecule has 4 fully saturated rings. The Labute approximate surface area is 249 Å². The maximum Gasteiger partial charge on any atom is 0.0451 e. The van der Waals surface area contributed by atoms with Crippen molar-refractivity contribution < 1.29 is 0 Å². The second kappa shape index (κ2) is 11.5. The molecule has 0 amide bonds. The van der Waals surface area contributed by atoms with Crippen LogP contribution in [0.25, 0.3) is 11.1 Å². The molecule has 9 atom stereocenters. The molecule has 0 bridgehead atoms. The standard InChI is InChI=1S/C38H58Si2/c1-7-8-15-28-22-23-31(25-28)39(3,4)40(5,6)38-27(2)24-35-36(38)26-30-18-14-21-33(30)37(35)34-20-13-12-19-32(34)29-16-10-9-11-17-29/h9-13,16-17,19-20,27-28,30-31,33,35-38H,7-8,14-15,18,21-26H2,1-6H3. The number of unbranched alkanes of at least 4 members (excludes halogenated alkanes) is 1. The van der Waals surface area contributed by atoms with Crippen LogP contribution in [0.2, 0.25) is 37.3 Å². The van der Waals surface area contributed by atoms with E-state index in [-0.39, 0.29) is 0 Å². The van der Waals surface area contributed by atoms with E-state index in [1.807, 2.05) is 0 Å². The van der Waals surface area contributed by atoms with Gasteiger partial charge in [0.2, 0.25) is 0 Å². The van der Waals surface area contributed by atoms with Crippen LogP contribution in [0.4, 0.5) is 0 Å². The molecule has 6 rings (SSSR count). The zero-order valence-corrected chi connectivity index (χ0v) is 28.7. The van der Waals surface area contributed by atoms with E-state index in [0.29, 0.717) is 0 Å². The molecule has 0 radical (unpaired) electrons. The molecule has 0 saturated heterocycles. The van der Waals surface area contributed by atoms with Gasteiger partial charge >= 0.3 is 0 Å². The summed E-state index contributed by atoms with van der Waals surface area (Å²) in [6.45, 7) is 16.7. The molecule has 2 aromatic carbocycles. The number of fused-ring (bicyclic) bond motifs is 2. The Balaban J connectivity index is 1.33. The summed E-state index contributed by atoms with van der Waals surface area (Å²) < 4.78 is 0. The van der Waals surface area contributed by atoms with Crippen molar-refractivity contribution in [2.75, 3.05) is 0 Å². The molecular weight excluding hydrogens is 513 g/mol. The highest BCUT2D eigenvalue weighted by Gasteiger charge is 2.61. The normalized spacial score (nSPS) is 36.0. The van der Waals surface area contributed by atoms with Crippen molar-refractivity contribution in [3.8, 4) is 11.1 Å². The summed E-state index contributed by atoms with van der Waals surface area (Å²) in [5.41, 5.74) is 6.81. The Hall–Kier alpha value is -1.13. The molecule has 218 valence electrons. The minimum atomic E-state index is -1.41. The van der Waals surface area contributed by atoms with Gasteiger partial charge in [0.05, 0.1) is 0 Å². The Morgan fingerprint density at radius 2 is 1.48 bits per heavy atom. The molecule has 0 aliphatic heterocycles. The van der Waals surface area contributed by atoms with Gasteiger partial charge < -0.3 is 0 Å². The third kappa shape index (κ3) is 4.95. The average Bonchev–Trinajstić information content (AvgIpc) is 3.69. The SMILES string of the molecule is CCCCC1CCC([Si](C)(C)[Si](C)(C)C2C(C)CC3C2CC2CCCC2C3c2ccccc2-c2ccccc2)C1. The van der Waals surface area contributed by atoms with Crippen LogP contribution in [0.5, 0.6) is 0 Å². The summed E-state index contributed by atoms with van der Waals surface area (Å²) >= 11 is 0. The van der Waals surface area contributed by atoms with Gasteiger partial charge in [-0.25, -0.2) is 0 Å². The van der Waals surface area contributed by atoms with Gasteiger partial charge in [-0.05, 0) is 88.5 Å². The molecule has 0 aromatic heterocycles. The second-order valence-corrected chi connectivity index (χ2v) is 32.2. The van der Waals surface area contributed by atoms with Crippen molar-refractivity contribution in [2.45, 2.75) is 128 Å². The lowest BCUT2D eigenvalue weighted by Crippen LogP contribution is -2.62. The van der Waals surface area contributed by atoms with E-state index < -0.39 is 15.2 Å². The number of hydrogen-bond acceptors (Lipinski definition) is 0. The fraction of sp³-hybridized carbons (Fsp3) is 0.684. The fourth-order valence-electron chi connectivity index (χ4n) is 11.5. The first-order valence-electron chi connectivity index (χ1n) is 17.4. The Kier molecular flexibility index (Phi) is 8.34. The van der Waals surface area contributed by atoms with Gasteiger partial charge in [-0.1, -0.05) is 146 Å². The van der Waals surface area contributed by atoms with Gasteiger partial charge in [0.25, 0.3) is 0 Å². The van der Waals surface area contributed by atoms with E-state index in [4.69, 9.17) is 0 Å². The molecule has 0 N–H and O–H groups in total. The number of hydrogen-bond donors (Lipinski definition) is 0. The smallest absolute Gasteiger partial charge is 0.0451 e. The van der Waals surface area contributed by atoms with E-state index in [2.05, 4.69) is 94.6 Å². The van der Waals surface area contributed by atoms with Crippen molar-refractivity contribution in [1.82, 2.24) is 0 Å². The predicted octanol–water partition coefficient (Wildman–Crippen LogP) is 11.8. The van der Waals surface area contributed by atoms with Crippen molar-refractivity contribution in [3.05, 3.63) is 60.2 Å². The highest BCUT2D eigenvalue weighted by Crippen LogP contribution is 2.67. The molecule has 2 aromatic rings. The van der Waals surface area contributed by atoms with Gasteiger partial charge in [0.1, 0.15) is 0 Å². The molecule has 0 heterocycles. The maximum atomic E-state index is 2.93. The van der Waals surface area contributed by atoms with E-state index in [0.717, 1.165) is 52.5 Å². The van der Waals surface area contributed by atoms with E-state index >= 15 is 0 Å². The minimum absolute atomic E-state index is 0.773. The Bertz CT molecular complexity index is 1140. The van der Waals surface area contributed by atoms with Crippen LogP contribution in [0.3, 0.4) is 0 Å². The number of benzene rings is 2. The highest BCUT2D eigenvalue weighted by molar-refractivity contribution is 7.41. The van der Waals surface area contributed by atoms with Gasteiger partial charge in [0, 0.05) is 15.2 Å². The first-order valence-corrected chi connectivity index (χ1v) is 24.5. The largest absolute Gasteiger partial charge is 0.0711 e. The molecule has 0 spiro atoms. The average molecular weight is 571 g/mol.